The molecule has 4 bridgehead atoms. The van der Waals surface area contributed by atoms with Gasteiger partial charge in [0.1, 0.15) is 0 Å². The second-order valence-electron chi connectivity index (χ2n) is 11.3. The Labute approximate surface area is 190 Å². The molecular formula is C26H34N2O2S. The van der Waals surface area contributed by atoms with Crippen molar-refractivity contribution in [2.45, 2.75) is 88.5 Å². The molecule has 4 fully saturated rings. The number of rotatable bonds is 4. The highest BCUT2D eigenvalue weighted by atomic mass is 32.2. The lowest BCUT2D eigenvalue weighted by molar-refractivity contribution is -0.162. The molecule has 0 radical (unpaired) electrons. The van der Waals surface area contributed by atoms with Crippen LogP contribution >= 0.6 is 11.8 Å². The van der Waals surface area contributed by atoms with Crippen LogP contribution in [0.5, 0.6) is 5.88 Å². The third kappa shape index (κ3) is 3.83. The number of benzene rings is 1. The molecule has 1 aromatic heterocycles. The fourth-order valence-corrected chi connectivity index (χ4v) is 7.35. The summed E-state index contributed by atoms with van der Waals surface area (Å²) >= 11 is 1.64. The second-order valence-corrected chi connectivity index (χ2v) is 12.4. The van der Waals surface area contributed by atoms with Crippen molar-refractivity contribution in [1.29, 1.82) is 0 Å². The van der Waals surface area contributed by atoms with E-state index in [0.29, 0.717) is 5.88 Å². The molecule has 0 amide bonds. The lowest BCUT2D eigenvalue weighted by Crippen LogP contribution is -2.51. The number of carbonyl (C=O) groups excluding carboxylic acids is 1. The molecule has 4 aliphatic rings. The van der Waals surface area contributed by atoms with Crippen LogP contribution in [0.15, 0.2) is 34.1 Å². The van der Waals surface area contributed by atoms with Gasteiger partial charge in [0.05, 0.1) is 21.5 Å². The quantitative estimate of drug-likeness (QED) is 0.509. The van der Waals surface area contributed by atoms with Gasteiger partial charge in [-0.2, -0.15) is 5.10 Å². The van der Waals surface area contributed by atoms with E-state index in [2.05, 4.69) is 52.0 Å². The van der Waals surface area contributed by atoms with Gasteiger partial charge in [-0.15, -0.1) is 0 Å². The minimum absolute atomic E-state index is 0.0113. The monoisotopic (exact) mass is 438 g/mol. The van der Waals surface area contributed by atoms with E-state index in [-0.39, 0.29) is 16.9 Å². The van der Waals surface area contributed by atoms with Crippen molar-refractivity contribution in [1.82, 2.24) is 9.78 Å². The molecule has 0 spiro atoms. The second kappa shape index (κ2) is 7.40. The summed E-state index contributed by atoms with van der Waals surface area (Å²) in [5, 5.41) is 4.81. The number of aryl methyl sites for hydroxylation is 2. The number of nitrogens with zero attached hydrogens (tertiary/aromatic N) is 2. The first-order valence-electron chi connectivity index (χ1n) is 11.7. The van der Waals surface area contributed by atoms with Crippen LogP contribution in [0.2, 0.25) is 0 Å². The van der Waals surface area contributed by atoms with Crippen molar-refractivity contribution in [3.05, 3.63) is 35.5 Å². The van der Waals surface area contributed by atoms with Crippen molar-refractivity contribution in [3.8, 4) is 5.88 Å². The number of carbonyl (C=O) groups is 1. The molecule has 0 unspecified atom stereocenters. The van der Waals surface area contributed by atoms with Crippen LogP contribution in [0, 0.1) is 37.0 Å². The summed E-state index contributed by atoms with van der Waals surface area (Å²) in [6, 6.07) is 8.48. The highest BCUT2D eigenvalue weighted by Gasteiger charge is 2.56. The molecule has 0 aliphatic heterocycles. The zero-order valence-electron chi connectivity index (χ0n) is 19.4. The third-order valence-electron chi connectivity index (χ3n) is 7.50. The summed E-state index contributed by atoms with van der Waals surface area (Å²) in [4.78, 5) is 15.8. The van der Waals surface area contributed by atoms with E-state index in [9.17, 15) is 4.79 Å². The Morgan fingerprint density at radius 3 is 2.10 bits per heavy atom. The van der Waals surface area contributed by atoms with E-state index >= 15 is 0 Å². The Balaban J connectivity index is 1.48. The maximum Gasteiger partial charge on any atom is 0.318 e. The molecule has 0 N–H and O–H groups in total. The first kappa shape index (κ1) is 21.1. The highest BCUT2D eigenvalue weighted by molar-refractivity contribution is 7.99. The lowest BCUT2D eigenvalue weighted by atomic mass is 9.49. The standard InChI is InChI=1S/C26H34N2O2S/c1-16-6-8-21(9-7-16)31-22-17(2)27-28(25(3,4)5)23(22)30-24(29)26-13-18-10-19(14-26)12-20(11-18)15-26/h6-9,18-20H,10-15H2,1-5H3. The van der Waals surface area contributed by atoms with Gasteiger partial charge >= 0.3 is 5.97 Å². The van der Waals surface area contributed by atoms with Crippen molar-refractivity contribution < 1.29 is 9.53 Å². The lowest BCUT2D eigenvalue weighted by Gasteiger charge is -2.55. The molecule has 0 saturated heterocycles. The van der Waals surface area contributed by atoms with Crippen molar-refractivity contribution in [2.24, 2.45) is 23.2 Å². The predicted octanol–water partition coefficient (Wildman–Crippen LogP) is 6.53. The van der Waals surface area contributed by atoms with E-state index < -0.39 is 0 Å². The van der Waals surface area contributed by atoms with Gasteiger partial charge in [-0.1, -0.05) is 29.5 Å². The first-order valence-corrected chi connectivity index (χ1v) is 12.5. The highest BCUT2D eigenvalue weighted by Crippen LogP contribution is 2.60. The summed E-state index contributed by atoms with van der Waals surface area (Å²) in [6.45, 7) is 10.4. The van der Waals surface area contributed by atoms with Crippen molar-refractivity contribution >= 4 is 17.7 Å². The average Bonchev–Trinajstić information content (AvgIpc) is 2.98. The van der Waals surface area contributed by atoms with Crippen molar-refractivity contribution in [3.63, 3.8) is 0 Å². The molecule has 2 aromatic rings. The van der Waals surface area contributed by atoms with Crippen LogP contribution < -0.4 is 4.74 Å². The van der Waals surface area contributed by atoms with Crippen LogP contribution in [0.3, 0.4) is 0 Å². The fraction of sp³-hybridized carbons (Fsp3) is 0.615. The summed E-state index contributed by atoms with van der Waals surface area (Å²) in [5.74, 6) is 2.76. The van der Waals surface area contributed by atoms with Crippen LogP contribution in [0.25, 0.3) is 0 Å². The number of hydrogen-bond acceptors (Lipinski definition) is 4. The van der Waals surface area contributed by atoms with Gasteiger partial charge in [-0.3, -0.25) is 4.79 Å². The van der Waals surface area contributed by atoms with E-state index in [1.807, 2.05) is 11.6 Å². The molecule has 166 valence electrons. The smallest absolute Gasteiger partial charge is 0.318 e. The molecule has 1 heterocycles. The van der Waals surface area contributed by atoms with Gasteiger partial charge in [0.15, 0.2) is 0 Å². The maximum absolute atomic E-state index is 13.7. The number of ether oxygens (including phenoxy) is 1. The molecule has 5 heteroatoms. The summed E-state index contributed by atoms with van der Waals surface area (Å²) in [5.41, 5.74) is 1.60. The Bertz CT molecular complexity index is 964. The van der Waals surface area contributed by atoms with Gasteiger partial charge in [0.2, 0.25) is 5.88 Å². The first-order chi connectivity index (χ1) is 14.6. The molecule has 4 aliphatic carbocycles. The number of esters is 1. The zero-order chi connectivity index (χ0) is 22.0. The number of aromatic nitrogens is 2. The zero-order valence-corrected chi connectivity index (χ0v) is 20.2. The Hall–Kier alpha value is -1.75. The van der Waals surface area contributed by atoms with Crippen LogP contribution in [-0.2, 0) is 10.3 Å². The normalized spacial score (nSPS) is 29.4. The topological polar surface area (TPSA) is 44.1 Å². The predicted molar refractivity (Wildman–Crippen MR) is 124 cm³/mol. The van der Waals surface area contributed by atoms with E-state index in [1.54, 1.807) is 11.8 Å². The molecular weight excluding hydrogens is 404 g/mol. The largest absolute Gasteiger partial charge is 0.406 e. The Morgan fingerprint density at radius 2 is 1.58 bits per heavy atom. The molecule has 6 rings (SSSR count). The maximum atomic E-state index is 13.7. The van der Waals surface area contributed by atoms with Crippen LogP contribution in [0.4, 0.5) is 0 Å². The Kier molecular flexibility index (Phi) is 5.04. The molecule has 1 aromatic carbocycles. The van der Waals surface area contributed by atoms with E-state index in [4.69, 9.17) is 9.84 Å². The van der Waals surface area contributed by atoms with Gasteiger partial charge in [-0.05, 0) is 103 Å². The molecule has 31 heavy (non-hydrogen) atoms. The van der Waals surface area contributed by atoms with Gasteiger partial charge in [0.25, 0.3) is 0 Å². The van der Waals surface area contributed by atoms with Gasteiger partial charge in [0, 0.05) is 4.90 Å². The van der Waals surface area contributed by atoms with Crippen LogP contribution in [-0.4, -0.2) is 15.7 Å². The molecule has 0 atom stereocenters. The minimum atomic E-state index is -0.276. The SMILES string of the molecule is Cc1ccc(Sc2c(C)nn(C(C)(C)C)c2OC(=O)C23CC4CC(CC(C4)C2)C3)cc1. The van der Waals surface area contributed by atoms with E-state index in [1.165, 1.54) is 24.8 Å². The average molecular weight is 439 g/mol. The van der Waals surface area contributed by atoms with Crippen LogP contribution in [0.1, 0.15) is 70.6 Å². The molecule has 4 saturated carbocycles. The summed E-state index contributed by atoms with van der Waals surface area (Å²) < 4.78 is 8.26. The minimum Gasteiger partial charge on any atom is -0.406 e. The van der Waals surface area contributed by atoms with Gasteiger partial charge in [-0.25, -0.2) is 4.68 Å². The summed E-state index contributed by atoms with van der Waals surface area (Å²) in [7, 11) is 0. The fourth-order valence-electron chi connectivity index (χ4n) is 6.43. The number of hydrogen-bond donors (Lipinski definition) is 0. The Morgan fingerprint density at radius 1 is 1.03 bits per heavy atom. The van der Waals surface area contributed by atoms with Gasteiger partial charge < -0.3 is 4.74 Å². The third-order valence-corrected chi connectivity index (χ3v) is 8.68. The summed E-state index contributed by atoms with van der Waals surface area (Å²) in [6.07, 6.45) is 7.00. The molecule has 4 nitrogen and oxygen atoms in total. The van der Waals surface area contributed by atoms with Crippen molar-refractivity contribution in [2.75, 3.05) is 0 Å². The van der Waals surface area contributed by atoms with E-state index in [0.717, 1.165) is 52.5 Å².